The van der Waals surface area contributed by atoms with Crippen LogP contribution in [-0.2, 0) is 9.53 Å². The number of hydrogen-bond acceptors (Lipinski definition) is 3. The standard InChI is InChI=1S/C25H15B4N2O2/c1-33-25-22(18-10-12-20(30(26)27)16-8-4-2-6-14(16)18)24(32)23(25)19-11-13-21(31(28)29)17-9-5-3-7-15(17)19/h2-13H,1H3/q+1. The highest BCUT2D eigenvalue weighted by Gasteiger charge is 2.40. The monoisotopic (exact) mass is 419 g/mol. The van der Waals surface area contributed by atoms with Crippen molar-refractivity contribution in [3.8, 4) is 0 Å². The Morgan fingerprint density at radius 2 is 1.45 bits per heavy atom. The molecule has 0 unspecified atom stereocenters. The molecule has 33 heavy (non-hydrogen) atoms. The van der Waals surface area contributed by atoms with Crippen LogP contribution >= 0.6 is 0 Å². The number of Topliss-reactive ketones (excluding diaryl/α,β-unsaturated/α-hetero) is 1. The van der Waals surface area contributed by atoms with Crippen LogP contribution in [0, 0.1) is 0 Å². The van der Waals surface area contributed by atoms with Gasteiger partial charge >= 0.3 is 16.0 Å². The van der Waals surface area contributed by atoms with E-state index in [1.807, 2.05) is 60.7 Å². The predicted molar refractivity (Wildman–Crippen MR) is 135 cm³/mol. The van der Waals surface area contributed by atoms with Crippen LogP contribution < -0.4 is 4.72 Å². The summed E-state index contributed by atoms with van der Waals surface area (Å²) < 4.78 is 7.89. The maximum atomic E-state index is 13.6. The van der Waals surface area contributed by atoms with Crippen molar-refractivity contribution in [1.29, 1.82) is 0 Å². The number of carbonyl (C=O) groups is 1. The van der Waals surface area contributed by atoms with Crippen LogP contribution in [-0.4, -0.2) is 54.9 Å². The van der Waals surface area contributed by atoms with Gasteiger partial charge in [0.1, 0.15) is 5.76 Å². The van der Waals surface area contributed by atoms with E-state index >= 15 is 0 Å². The van der Waals surface area contributed by atoms with Crippen molar-refractivity contribution in [1.82, 2.24) is 0 Å². The van der Waals surface area contributed by atoms with Gasteiger partial charge in [-0.3, -0.25) is 4.79 Å². The van der Waals surface area contributed by atoms with Gasteiger partial charge in [0.05, 0.1) is 18.3 Å². The summed E-state index contributed by atoms with van der Waals surface area (Å²) in [5.74, 6) is 0.433. The molecule has 0 bridgehead atoms. The first-order chi connectivity index (χ1) is 15.9. The Bertz CT molecular complexity index is 1460. The first-order valence-electron chi connectivity index (χ1n) is 10.3. The summed E-state index contributed by atoms with van der Waals surface area (Å²) >= 11 is 0. The Morgan fingerprint density at radius 3 is 2.12 bits per heavy atom. The van der Waals surface area contributed by atoms with Gasteiger partial charge in [-0.25, -0.2) is 0 Å². The third-order valence-electron chi connectivity index (χ3n) is 6.01. The molecular formula is C25H15B4N2O2+. The lowest BCUT2D eigenvalue weighted by Crippen LogP contribution is -2.26. The molecule has 0 fully saturated rings. The van der Waals surface area contributed by atoms with Crippen LogP contribution in [0.1, 0.15) is 16.7 Å². The van der Waals surface area contributed by atoms with Crippen molar-refractivity contribution in [3.05, 3.63) is 101 Å². The van der Waals surface area contributed by atoms with Crippen LogP contribution in [0.25, 0.3) is 21.9 Å². The van der Waals surface area contributed by atoms with Gasteiger partial charge in [-0.1, -0.05) is 48.5 Å². The normalized spacial score (nSPS) is 17.1. The molecule has 8 heteroatoms. The SMILES string of the molecule is [B]N([B])c1ccc(C2=C(OC)/C(=C3\C=CC(=[N+]([B])[B])c4ccccc43)C2=O)c2ccccc12. The predicted octanol–water partition coefficient (Wildman–Crippen LogP) is 2.75. The number of hydrogen-bond donors (Lipinski definition) is 0. The van der Waals surface area contributed by atoms with E-state index in [2.05, 4.69) is 0 Å². The van der Waals surface area contributed by atoms with Gasteiger partial charge < -0.3 is 13.9 Å². The van der Waals surface area contributed by atoms with Crippen molar-refractivity contribution in [2.75, 3.05) is 11.8 Å². The molecule has 5 rings (SSSR count). The van der Waals surface area contributed by atoms with Gasteiger partial charge in [0, 0.05) is 22.7 Å². The summed E-state index contributed by atoms with van der Waals surface area (Å²) in [7, 11) is 24.8. The lowest BCUT2D eigenvalue weighted by atomic mass is 9.76. The van der Waals surface area contributed by atoms with E-state index in [0.717, 1.165) is 42.2 Å². The van der Waals surface area contributed by atoms with Crippen molar-refractivity contribution >= 4 is 71.0 Å². The number of anilines is 1. The average Bonchev–Trinajstić information content (AvgIpc) is 2.82. The minimum absolute atomic E-state index is 0.0997. The number of ketones is 1. The Kier molecular flexibility index (Phi) is 5.16. The smallest absolute Gasteiger partial charge is 0.495 e. The summed E-state index contributed by atoms with van der Waals surface area (Å²) in [5, 5.41) is 1.69. The summed E-state index contributed by atoms with van der Waals surface area (Å²) in [6.45, 7) is 0. The number of ether oxygens (including phenoxy) is 1. The third-order valence-corrected chi connectivity index (χ3v) is 6.01. The van der Waals surface area contributed by atoms with Gasteiger partial charge in [0.25, 0.3) is 0 Å². The molecule has 0 saturated heterocycles. The van der Waals surface area contributed by atoms with Crippen molar-refractivity contribution in [2.45, 2.75) is 0 Å². The summed E-state index contributed by atoms with van der Waals surface area (Å²) in [5.41, 5.74) is 5.56. The van der Waals surface area contributed by atoms with Crippen LogP contribution in [0.2, 0.25) is 0 Å². The van der Waals surface area contributed by atoms with Crippen LogP contribution in [0.15, 0.2) is 84.1 Å². The van der Waals surface area contributed by atoms with Crippen LogP contribution in [0.5, 0.6) is 0 Å². The molecule has 148 valence electrons. The first kappa shape index (κ1) is 21.2. The number of rotatable bonds is 3. The lowest BCUT2D eigenvalue weighted by molar-refractivity contribution is -0.185. The summed E-state index contributed by atoms with van der Waals surface area (Å²) in [6, 6.07) is 19.0. The Labute approximate surface area is 197 Å². The zero-order chi connectivity index (χ0) is 23.3. The lowest BCUT2D eigenvalue weighted by Gasteiger charge is -2.29. The zero-order valence-electron chi connectivity index (χ0n) is 17.9. The molecule has 4 nitrogen and oxygen atoms in total. The molecule has 0 saturated carbocycles. The van der Waals surface area contributed by atoms with Crippen molar-refractivity contribution < 1.29 is 13.9 Å². The fourth-order valence-corrected chi connectivity index (χ4v) is 4.54. The summed E-state index contributed by atoms with van der Waals surface area (Å²) in [4.78, 5) is 13.6. The number of methoxy groups -OCH3 is 1. The molecular weight excluding hydrogens is 404 g/mol. The molecule has 3 aromatic rings. The van der Waals surface area contributed by atoms with Crippen molar-refractivity contribution in [3.63, 3.8) is 0 Å². The third kappa shape index (κ3) is 3.20. The summed E-state index contributed by atoms with van der Waals surface area (Å²) in [6.07, 6.45) is 3.64. The number of nitrogens with zero attached hydrogens (tertiary/aromatic N) is 2. The van der Waals surface area contributed by atoms with E-state index in [-0.39, 0.29) is 5.78 Å². The van der Waals surface area contributed by atoms with E-state index in [4.69, 9.17) is 36.7 Å². The number of carbonyl (C=O) groups excluding carboxylic acids is 1. The molecule has 0 aromatic heterocycles. The largest absolute Gasteiger partial charge is 0.550 e. The molecule has 2 aliphatic rings. The molecule has 8 radical (unpaired) electrons. The number of allylic oxidation sites excluding steroid dienone is 5. The van der Waals surface area contributed by atoms with E-state index in [1.54, 1.807) is 19.3 Å². The van der Waals surface area contributed by atoms with Gasteiger partial charge in [-0.2, -0.15) is 0 Å². The molecule has 0 spiro atoms. The zero-order valence-corrected chi connectivity index (χ0v) is 17.9. The quantitative estimate of drug-likeness (QED) is 0.484. The van der Waals surface area contributed by atoms with E-state index in [9.17, 15) is 4.79 Å². The highest BCUT2D eigenvalue weighted by Crippen LogP contribution is 2.46. The molecule has 0 N–H and O–H groups in total. The molecule has 0 atom stereocenters. The Balaban J connectivity index is 1.75. The number of benzene rings is 3. The van der Waals surface area contributed by atoms with Gasteiger partial charge in [-0.15, -0.1) is 0 Å². The fourth-order valence-electron chi connectivity index (χ4n) is 4.54. The topological polar surface area (TPSA) is 32.5 Å². The average molecular weight is 419 g/mol. The Morgan fingerprint density at radius 1 is 0.788 bits per heavy atom. The van der Waals surface area contributed by atoms with Crippen LogP contribution in [0.4, 0.5) is 5.69 Å². The second kappa shape index (κ2) is 8.04. The number of fused-ring (bicyclic) bond motifs is 2. The van der Waals surface area contributed by atoms with E-state index in [0.29, 0.717) is 28.3 Å². The van der Waals surface area contributed by atoms with Gasteiger partial charge in [0.15, 0.2) is 5.71 Å². The minimum atomic E-state index is -0.0997. The molecule has 3 aromatic carbocycles. The minimum Gasteiger partial charge on any atom is -0.495 e. The Hall–Kier alpha value is -3.66. The molecule has 0 aliphatic heterocycles. The highest BCUT2D eigenvalue weighted by molar-refractivity contribution is 6.45. The first-order valence-corrected chi connectivity index (χ1v) is 10.3. The highest BCUT2D eigenvalue weighted by atomic mass is 16.5. The molecule has 2 aliphatic carbocycles. The van der Waals surface area contributed by atoms with E-state index in [1.165, 1.54) is 0 Å². The fraction of sp³-hybridized carbons (Fsp3) is 0.0400. The molecule has 0 heterocycles. The molecule has 0 amide bonds. The second-order valence-corrected chi connectivity index (χ2v) is 7.78. The van der Waals surface area contributed by atoms with E-state index < -0.39 is 0 Å². The van der Waals surface area contributed by atoms with Crippen LogP contribution in [0.3, 0.4) is 0 Å². The second-order valence-electron chi connectivity index (χ2n) is 7.78. The maximum Gasteiger partial charge on any atom is 0.550 e. The van der Waals surface area contributed by atoms with Crippen molar-refractivity contribution in [2.24, 2.45) is 0 Å². The maximum absolute atomic E-state index is 13.6. The van der Waals surface area contributed by atoms with Gasteiger partial charge in [0.2, 0.25) is 21.7 Å². The van der Waals surface area contributed by atoms with Gasteiger partial charge in [-0.05, 0) is 40.3 Å².